The maximum atomic E-state index is 9.10. The van der Waals surface area contributed by atoms with Crippen LogP contribution in [0.2, 0.25) is 0 Å². The van der Waals surface area contributed by atoms with E-state index in [-0.39, 0.29) is 0 Å². The topological polar surface area (TPSA) is 48.4 Å². The molecule has 4 heteroatoms. The summed E-state index contributed by atoms with van der Waals surface area (Å²) in [4.78, 5) is 6.67. The molecule has 0 aliphatic carbocycles. The zero-order valence-corrected chi connectivity index (χ0v) is 9.69. The van der Waals surface area contributed by atoms with Crippen LogP contribution in [0.4, 0.5) is 5.82 Å². The van der Waals surface area contributed by atoms with E-state index in [4.69, 9.17) is 5.11 Å². The van der Waals surface area contributed by atoms with Crippen molar-refractivity contribution in [1.29, 1.82) is 0 Å². The fourth-order valence-corrected chi connectivity index (χ4v) is 2.24. The summed E-state index contributed by atoms with van der Waals surface area (Å²) in [5.41, 5.74) is 1.23. The first-order chi connectivity index (χ1) is 7.83. The molecule has 1 aliphatic heterocycles. The van der Waals surface area contributed by atoms with Gasteiger partial charge in [-0.2, -0.15) is 0 Å². The summed E-state index contributed by atoms with van der Waals surface area (Å²) in [7, 11) is 1.90. The number of aliphatic hydroxyl groups excluding tert-OH is 1. The molecular weight excluding hydrogens is 202 g/mol. The van der Waals surface area contributed by atoms with Crippen LogP contribution in [0, 0.1) is 5.92 Å². The first-order valence-electron chi connectivity index (χ1n) is 5.78. The molecule has 0 amide bonds. The standard InChI is InChI=1S/C12H19N3O/c1-13-12-11(3-2-5-14-12)8-15-6-4-10(7-15)9-16/h2-3,5,10,16H,4,6-9H2,1H3,(H,13,14). The van der Waals surface area contributed by atoms with E-state index in [1.807, 2.05) is 13.1 Å². The van der Waals surface area contributed by atoms with Crippen molar-refractivity contribution < 1.29 is 5.11 Å². The molecule has 1 saturated heterocycles. The van der Waals surface area contributed by atoms with Gasteiger partial charge in [-0.1, -0.05) is 6.07 Å². The number of nitrogens with zero attached hydrogens (tertiary/aromatic N) is 2. The Morgan fingerprint density at radius 2 is 2.50 bits per heavy atom. The maximum absolute atomic E-state index is 9.10. The van der Waals surface area contributed by atoms with E-state index in [1.54, 1.807) is 6.20 Å². The number of nitrogens with one attached hydrogen (secondary N) is 1. The second-order valence-electron chi connectivity index (χ2n) is 4.33. The van der Waals surface area contributed by atoms with E-state index < -0.39 is 0 Å². The number of rotatable bonds is 4. The Kier molecular flexibility index (Phi) is 3.74. The van der Waals surface area contributed by atoms with Gasteiger partial charge in [0.2, 0.25) is 0 Å². The van der Waals surface area contributed by atoms with Crippen LogP contribution in [0.3, 0.4) is 0 Å². The second kappa shape index (κ2) is 5.27. The third kappa shape index (κ3) is 2.51. The summed E-state index contributed by atoms with van der Waals surface area (Å²) < 4.78 is 0. The molecule has 4 nitrogen and oxygen atoms in total. The molecule has 1 aromatic rings. The molecule has 88 valence electrons. The lowest BCUT2D eigenvalue weighted by Crippen LogP contribution is -2.21. The highest BCUT2D eigenvalue weighted by atomic mass is 16.3. The van der Waals surface area contributed by atoms with Crippen molar-refractivity contribution in [2.24, 2.45) is 5.92 Å². The van der Waals surface area contributed by atoms with Gasteiger partial charge in [-0.15, -0.1) is 0 Å². The van der Waals surface area contributed by atoms with Crippen molar-refractivity contribution >= 4 is 5.82 Å². The van der Waals surface area contributed by atoms with Crippen LogP contribution >= 0.6 is 0 Å². The fraction of sp³-hybridized carbons (Fsp3) is 0.583. The SMILES string of the molecule is CNc1ncccc1CN1CCC(CO)C1. The molecule has 1 fully saturated rings. The minimum Gasteiger partial charge on any atom is -0.396 e. The molecular formula is C12H19N3O. The Bertz CT molecular complexity index is 343. The molecule has 2 heterocycles. The van der Waals surface area contributed by atoms with Crippen molar-refractivity contribution in [2.45, 2.75) is 13.0 Å². The zero-order valence-electron chi connectivity index (χ0n) is 9.69. The van der Waals surface area contributed by atoms with Crippen molar-refractivity contribution in [3.63, 3.8) is 0 Å². The summed E-state index contributed by atoms with van der Waals surface area (Å²) >= 11 is 0. The van der Waals surface area contributed by atoms with Crippen LogP contribution in [0.15, 0.2) is 18.3 Å². The largest absolute Gasteiger partial charge is 0.396 e. The van der Waals surface area contributed by atoms with Crippen LogP contribution in [0.25, 0.3) is 0 Å². The van der Waals surface area contributed by atoms with Gasteiger partial charge in [-0.05, 0) is 24.9 Å². The Morgan fingerprint density at radius 1 is 1.62 bits per heavy atom. The molecule has 1 unspecified atom stereocenters. The Balaban J connectivity index is 1.99. The summed E-state index contributed by atoms with van der Waals surface area (Å²) in [6.07, 6.45) is 2.90. The van der Waals surface area contributed by atoms with E-state index in [0.29, 0.717) is 12.5 Å². The maximum Gasteiger partial charge on any atom is 0.130 e. The predicted octanol–water partition coefficient (Wildman–Crippen LogP) is 0.938. The summed E-state index contributed by atoms with van der Waals surface area (Å²) in [6, 6.07) is 4.07. The average Bonchev–Trinajstić information content (AvgIpc) is 2.77. The number of aliphatic hydroxyl groups is 1. The molecule has 1 aliphatic rings. The average molecular weight is 221 g/mol. The number of hydrogen-bond donors (Lipinski definition) is 2. The van der Waals surface area contributed by atoms with E-state index in [1.165, 1.54) is 5.56 Å². The van der Waals surface area contributed by atoms with Crippen LogP contribution < -0.4 is 5.32 Å². The summed E-state index contributed by atoms with van der Waals surface area (Å²) in [5, 5.41) is 12.2. The van der Waals surface area contributed by atoms with Crippen molar-refractivity contribution in [3.8, 4) is 0 Å². The van der Waals surface area contributed by atoms with Gasteiger partial charge in [0.1, 0.15) is 5.82 Å². The van der Waals surface area contributed by atoms with Crippen LogP contribution in [0.5, 0.6) is 0 Å². The number of pyridine rings is 1. The lowest BCUT2D eigenvalue weighted by atomic mass is 10.1. The van der Waals surface area contributed by atoms with Crippen LogP contribution in [0.1, 0.15) is 12.0 Å². The van der Waals surface area contributed by atoms with E-state index in [9.17, 15) is 0 Å². The minimum atomic E-state index is 0.308. The van der Waals surface area contributed by atoms with Gasteiger partial charge in [0.05, 0.1) is 0 Å². The zero-order chi connectivity index (χ0) is 11.4. The minimum absolute atomic E-state index is 0.308. The van der Waals surface area contributed by atoms with Crippen molar-refractivity contribution in [2.75, 3.05) is 32.1 Å². The normalized spacial score (nSPS) is 21.2. The molecule has 2 rings (SSSR count). The molecule has 1 aromatic heterocycles. The molecule has 1 atom stereocenters. The molecule has 2 N–H and O–H groups in total. The lowest BCUT2D eigenvalue weighted by molar-refractivity contribution is 0.220. The van der Waals surface area contributed by atoms with Gasteiger partial charge in [0.25, 0.3) is 0 Å². The highest BCUT2D eigenvalue weighted by molar-refractivity contribution is 5.42. The molecule has 0 radical (unpaired) electrons. The van der Waals surface area contributed by atoms with E-state index in [0.717, 1.165) is 31.9 Å². The van der Waals surface area contributed by atoms with Gasteiger partial charge in [-0.3, -0.25) is 4.90 Å². The van der Waals surface area contributed by atoms with Crippen LogP contribution in [-0.4, -0.2) is 41.7 Å². The first-order valence-corrected chi connectivity index (χ1v) is 5.78. The third-order valence-electron chi connectivity index (χ3n) is 3.15. The number of aromatic nitrogens is 1. The smallest absolute Gasteiger partial charge is 0.130 e. The van der Waals surface area contributed by atoms with Gasteiger partial charge in [0.15, 0.2) is 0 Å². The van der Waals surface area contributed by atoms with Crippen LogP contribution in [-0.2, 0) is 6.54 Å². The first kappa shape index (κ1) is 11.4. The molecule has 0 saturated carbocycles. The van der Waals surface area contributed by atoms with Gasteiger partial charge >= 0.3 is 0 Å². The van der Waals surface area contributed by atoms with E-state index >= 15 is 0 Å². The highest BCUT2D eigenvalue weighted by Crippen LogP contribution is 2.20. The summed E-state index contributed by atoms with van der Waals surface area (Å²) in [6.45, 7) is 3.29. The number of anilines is 1. The summed E-state index contributed by atoms with van der Waals surface area (Å²) in [5.74, 6) is 1.41. The van der Waals surface area contributed by atoms with Gasteiger partial charge in [0, 0.05) is 38.5 Å². The van der Waals surface area contributed by atoms with Crippen molar-refractivity contribution in [3.05, 3.63) is 23.9 Å². The Morgan fingerprint density at radius 3 is 3.19 bits per heavy atom. The fourth-order valence-electron chi connectivity index (χ4n) is 2.24. The quantitative estimate of drug-likeness (QED) is 0.794. The van der Waals surface area contributed by atoms with Gasteiger partial charge in [-0.25, -0.2) is 4.98 Å². The molecule has 16 heavy (non-hydrogen) atoms. The highest BCUT2D eigenvalue weighted by Gasteiger charge is 2.22. The lowest BCUT2D eigenvalue weighted by Gasteiger charge is -2.17. The molecule has 0 spiro atoms. The van der Waals surface area contributed by atoms with E-state index in [2.05, 4.69) is 21.3 Å². The van der Waals surface area contributed by atoms with Gasteiger partial charge < -0.3 is 10.4 Å². The number of hydrogen-bond acceptors (Lipinski definition) is 4. The Hall–Kier alpha value is -1.13. The monoisotopic (exact) mass is 221 g/mol. The Labute approximate surface area is 96.3 Å². The molecule has 0 aromatic carbocycles. The third-order valence-corrected chi connectivity index (χ3v) is 3.15. The molecule has 0 bridgehead atoms. The predicted molar refractivity (Wildman–Crippen MR) is 64.3 cm³/mol. The second-order valence-corrected chi connectivity index (χ2v) is 4.33. The van der Waals surface area contributed by atoms with Crippen molar-refractivity contribution in [1.82, 2.24) is 9.88 Å². The number of likely N-dealkylation sites (tertiary alicyclic amines) is 1.